The van der Waals surface area contributed by atoms with E-state index in [1.807, 2.05) is 7.05 Å². The number of hydrogen-bond donors (Lipinski definition) is 1. The molecule has 0 amide bonds. The highest BCUT2D eigenvalue weighted by Crippen LogP contribution is 2.52. The van der Waals surface area contributed by atoms with Crippen LogP contribution in [0.5, 0.6) is 0 Å². The number of allylic oxidation sites excluding steroid dienone is 2. The third kappa shape index (κ3) is 8.94. The standard InChI is InChI=1S/C46H57N3/c1-31-11-17-38(18-12-31)21-23-41-42-29-40(37(7)48-30-39-19-13-32(2)14-20-39)22-25-44(42)46(8,27-26-35(5)47-9)43(41)24-16-36(6)49-45-28-33(3)10-15-34(45)4/h10-15,17-20,22,25,28-29,37,48H,16,21,23-24,26-27,30H2,1-9H3. The number of aliphatic imine (C=N–C) groups is 2. The summed E-state index contributed by atoms with van der Waals surface area (Å²) in [5.74, 6) is 0. The molecule has 0 heterocycles. The van der Waals surface area contributed by atoms with Crippen molar-refractivity contribution in [3.05, 3.63) is 141 Å². The first-order valence-corrected chi connectivity index (χ1v) is 18.2. The fraction of sp³-hybridized carbons (Fsp3) is 0.391. The Morgan fingerprint density at radius 1 is 0.714 bits per heavy atom. The molecule has 0 aliphatic heterocycles. The van der Waals surface area contributed by atoms with Crippen LogP contribution in [0.3, 0.4) is 0 Å². The van der Waals surface area contributed by atoms with E-state index in [4.69, 9.17) is 4.99 Å². The molecule has 49 heavy (non-hydrogen) atoms. The van der Waals surface area contributed by atoms with E-state index in [0.29, 0.717) is 0 Å². The van der Waals surface area contributed by atoms with Gasteiger partial charge in [-0.2, -0.15) is 0 Å². The Hall–Kier alpha value is -4.08. The minimum absolute atomic E-state index is 0.0550. The molecule has 1 aliphatic carbocycles. The molecule has 1 N–H and O–H groups in total. The summed E-state index contributed by atoms with van der Waals surface area (Å²) in [7, 11) is 1.92. The molecule has 2 unspecified atom stereocenters. The lowest BCUT2D eigenvalue weighted by atomic mass is 9.73. The van der Waals surface area contributed by atoms with Crippen LogP contribution >= 0.6 is 0 Å². The van der Waals surface area contributed by atoms with Crippen molar-refractivity contribution in [3.8, 4) is 0 Å². The largest absolute Gasteiger partial charge is 0.306 e. The molecular weight excluding hydrogens is 595 g/mol. The monoisotopic (exact) mass is 651 g/mol. The minimum atomic E-state index is -0.0550. The average Bonchev–Trinajstić information content (AvgIpc) is 3.33. The lowest BCUT2D eigenvalue weighted by Crippen LogP contribution is -2.24. The van der Waals surface area contributed by atoms with Crippen LogP contribution in [0, 0.1) is 27.7 Å². The van der Waals surface area contributed by atoms with Gasteiger partial charge in [0.1, 0.15) is 0 Å². The van der Waals surface area contributed by atoms with E-state index in [1.54, 1.807) is 5.57 Å². The van der Waals surface area contributed by atoms with E-state index < -0.39 is 0 Å². The van der Waals surface area contributed by atoms with Crippen LogP contribution in [0.25, 0.3) is 5.57 Å². The molecule has 0 saturated carbocycles. The van der Waals surface area contributed by atoms with Crippen LogP contribution in [0.2, 0.25) is 0 Å². The van der Waals surface area contributed by atoms with Gasteiger partial charge in [0.05, 0.1) is 5.69 Å². The third-order valence-corrected chi connectivity index (χ3v) is 10.8. The molecule has 4 aromatic carbocycles. The summed E-state index contributed by atoms with van der Waals surface area (Å²) < 4.78 is 0. The molecule has 1 aliphatic rings. The van der Waals surface area contributed by atoms with Gasteiger partial charge in [-0.05, 0) is 144 Å². The Balaban J connectivity index is 1.52. The van der Waals surface area contributed by atoms with E-state index >= 15 is 0 Å². The summed E-state index contributed by atoms with van der Waals surface area (Å²) >= 11 is 0. The predicted molar refractivity (Wildman–Crippen MR) is 213 cm³/mol. The second kappa shape index (κ2) is 16.1. The Morgan fingerprint density at radius 3 is 2.04 bits per heavy atom. The molecular formula is C46H57N3. The normalized spacial score (nSPS) is 17.1. The van der Waals surface area contributed by atoms with Gasteiger partial charge in [0.25, 0.3) is 0 Å². The van der Waals surface area contributed by atoms with Gasteiger partial charge in [-0.15, -0.1) is 0 Å². The molecule has 2 atom stereocenters. The summed E-state index contributed by atoms with van der Waals surface area (Å²) in [6, 6.07) is 32.1. The highest BCUT2D eigenvalue weighted by molar-refractivity contribution is 5.87. The zero-order valence-electron chi connectivity index (χ0n) is 31.5. The summed E-state index contributed by atoms with van der Waals surface area (Å²) in [4.78, 5) is 9.71. The maximum atomic E-state index is 5.15. The van der Waals surface area contributed by atoms with E-state index in [2.05, 4.69) is 151 Å². The highest BCUT2D eigenvalue weighted by Gasteiger charge is 2.40. The van der Waals surface area contributed by atoms with Crippen LogP contribution in [-0.2, 0) is 18.4 Å². The van der Waals surface area contributed by atoms with E-state index in [0.717, 1.165) is 50.8 Å². The van der Waals surface area contributed by atoms with Crippen molar-refractivity contribution in [2.75, 3.05) is 7.05 Å². The fourth-order valence-corrected chi connectivity index (χ4v) is 7.29. The number of fused-ring (bicyclic) bond motifs is 1. The maximum Gasteiger partial charge on any atom is 0.0660 e. The topological polar surface area (TPSA) is 36.8 Å². The van der Waals surface area contributed by atoms with Crippen molar-refractivity contribution >= 4 is 22.7 Å². The number of hydrogen-bond acceptors (Lipinski definition) is 3. The highest BCUT2D eigenvalue weighted by atomic mass is 14.9. The molecule has 0 fully saturated rings. The Bertz CT molecular complexity index is 1840. The molecule has 4 aromatic rings. The van der Waals surface area contributed by atoms with Gasteiger partial charge in [-0.3, -0.25) is 9.98 Å². The van der Waals surface area contributed by atoms with E-state index in [9.17, 15) is 0 Å². The molecule has 3 heteroatoms. The maximum absolute atomic E-state index is 5.15. The van der Waals surface area contributed by atoms with Crippen LogP contribution in [-0.4, -0.2) is 18.5 Å². The summed E-state index contributed by atoms with van der Waals surface area (Å²) in [6.07, 6.45) is 6.07. The summed E-state index contributed by atoms with van der Waals surface area (Å²) in [5.41, 5.74) is 18.7. The molecule has 0 aromatic heterocycles. The van der Waals surface area contributed by atoms with Gasteiger partial charge in [-0.25, -0.2) is 0 Å². The van der Waals surface area contributed by atoms with Crippen LogP contribution < -0.4 is 5.32 Å². The number of rotatable bonds is 14. The van der Waals surface area contributed by atoms with Crippen molar-refractivity contribution < 1.29 is 0 Å². The average molecular weight is 652 g/mol. The van der Waals surface area contributed by atoms with Gasteiger partial charge >= 0.3 is 0 Å². The Labute approximate surface area is 296 Å². The van der Waals surface area contributed by atoms with Gasteiger partial charge in [-0.1, -0.05) is 96.4 Å². The summed E-state index contributed by atoms with van der Waals surface area (Å²) in [5, 5.41) is 3.81. The molecule has 256 valence electrons. The van der Waals surface area contributed by atoms with Gasteiger partial charge in [0.15, 0.2) is 0 Å². The van der Waals surface area contributed by atoms with Crippen molar-refractivity contribution in [2.45, 2.75) is 112 Å². The predicted octanol–water partition coefficient (Wildman–Crippen LogP) is 11.9. The lowest BCUT2D eigenvalue weighted by Gasteiger charge is -2.31. The first kappa shape index (κ1) is 36.2. The van der Waals surface area contributed by atoms with Gasteiger partial charge < -0.3 is 5.32 Å². The quantitative estimate of drug-likeness (QED) is 0.135. The van der Waals surface area contributed by atoms with Crippen LogP contribution in [0.15, 0.2) is 100 Å². The SMILES string of the molecule is CN=C(C)CCC1(C)C(CCC(C)=Nc2cc(C)ccc2C)=C(CCc2ccc(C)cc2)c2cc(C(C)NCc3ccc(C)cc3)ccc21. The van der Waals surface area contributed by atoms with Crippen LogP contribution in [0.4, 0.5) is 5.69 Å². The number of benzene rings is 4. The lowest BCUT2D eigenvalue weighted by molar-refractivity contribution is 0.512. The molecule has 0 radical (unpaired) electrons. The van der Waals surface area contributed by atoms with Gasteiger partial charge in [0, 0.05) is 36.5 Å². The van der Waals surface area contributed by atoms with Gasteiger partial charge in [0.2, 0.25) is 0 Å². The Morgan fingerprint density at radius 2 is 1.37 bits per heavy atom. The number of aryl methyl sites for hydroxylation is 5. The van der Waals surface area contributed by atoms with Crippen molar-refractivity contribution in [3.63, 3.8) is 0 Å². The zero-order valence-corrected chi connectivity index (χ0v) is 31.5. The zero-order chi connectivity index (χ0) is 35.1. The second-order valence-corrected chi connectivity index (χ2v) is 14.8. The molecule has 0 saturated heterocycles. The molecule has 5 rings (SSSR count). The fourth-order valence-electron chi connectivity index (χ4n) is 7.29. The van der Waals surface area contributed by atoms with E-state index in [1.165, 1.54) is 67.1 Å². The third-order valence-electron chi connectivity index (χ3n) is 10.8. The first-order valence-electron chi connectivity index (χ1n) is 18.2. The minimum Gasteiger partial charge on any atom is -0.306 e. The number of nitrogens with one attached hydrogen (secondary N) is 1. The number of nitrogens with zero attached hydrogens (tertiary/aromatic N) is 2. The Kier molecular flexibility index (Phi) is 11.9. The summed E-state index contributed by atoms with van der Waals surface area (Å²) in [6.45, 7) is 18.7. The van der Waals surface area contributed by atoms with Crippen molar-refractivity contribution in [1.29, 1.82) is 0 Å². The molecule has 0 bridgehead atoms. The van der Waals surface area contributed by atoms with Crippen molar-refractivity contribution in [2.24, 2.45) is 9.98 Å². The van der Waals surface area contributed by atoms with Crippen molar-refractivity contribution in [1.82, 2.24) is 5.32 Å². The van der Waals surface area contributed by atoms with E-state index in [-0.39, 0.29) is 11.5 Å². The smallest absolute Gasteiger partial charge is 0.0660 e. The second-order valence-electron chi connectivity index (χ2n) is 14.8. The first-order chi connectivity index (χ1) is 23.5. The molecule has 0 spiro atoms. The molecule has 3 nitrogen and oxygen atoms in total. The van der Waals surface area contributed by atoms with Crippen LogP contribution in [0.1, 0.15) is 116 Å².